The van der Waals surface area contributed by atoms with Gasteiger partial charge in [-0.1, -0.05) is 44.2 Å². The maximum atomic E-state index is 12.9. The Morgan fingerprint density at radius 1 is 1.20 bits per heavy atom. The van der Waals surface area contributed by atoms with Crippen LogP contribution in [0.1, 0.15) is 58.6 Å². The second-order valence-corrected chi connectivity index (χ2v) is 8.13. The second-order valence-electron chi connectivity index (χ2n) is 7.07. The van der Waals surface area contributed by atoms with Crippen LogP contribution in [0.15, 0.2) is 40.7 Å². The first kappa shape index (κ1) is 22.2. The van der Waals surface area contributed by atoms with Crippen LogP contribution in [0.2, 0.25) is 0 Å². The van der Waals surface area contributed by atoms with E-state index in [0.29, 0.717) is 29.9 Å². The number of fused-ring (bicyclic) bond motifs is 1. The van der Waals surface area contributed by atoms with Gasteiger partial charge in [-0.3, -0.25) is 0 Å². The summed E-state index contributed by atoms with van der Waals surface area (Å²) >= 11 is 1.63. The van der Waals surface area contributed by atoms with E-state index < -0.39 is 6.04 Å². The molecule has 30 heavy (non-hydrogen) atoms. The number of allylic oxidation sites excluding steroid dienone is 1. The average Bonchev–Trinajstić information content (AvgIpc) is 3.14. The Morgan fingerprint density at radius 2 is 1.97 bits per heavy atom. The lowest BCUT2D eigenvalue weighted by atomic mass is 9.96. The molecule has 0 radical (unpaired) electrons. The van der Waals surface area contributed by atoms with E-state index in [4.69, 9.17) is 14.6 Å². The topological polar surface area (TPSA) is 78.3 Å². The van der Waals surface area contributed by atoms with Gasteiger partial charge in [0.15, 0.2) is 0 Å². The number of hydrogen-bond donors (Lipinski definition) is 1. The minimum Gasteiger partial charge on any atom is -0.494 e. The van der Waals surface area contributed by atoms with Gasteiger partial charge < -0.3 is 14.8 Å². The van der Waals surface area contributed by atoms with Crippen molar-refractivity contribution in [3.8, 4) is 5.75 Å². The summed E-state index contributed by atoms with van der Waals surface area (Å²) in [6.07, 6.45) is 3.00. The molecule has 0 saturated carbocycles. The van der Waals surface area contributed by atoms with Crippen molar-refractivity contribution in [1.29, 1.82) is 0 Å². The molecular weight excluding hydrogens is 400 g/mol. The van der Waals surface area contributed by atoms with E-state index >= 15 is 0 Å². The first-order chi connectivity index (χ1) is 14.6. The number of nitrogens with zero attached hydrogens (tertiary/aromatic N) is 3. The third-order valence-electron chi connectivity index (χ3n) is 4.73. The van der Waals surface area contributed by atoms with Crippen molar-refractivity contribution >= 4 is 23.7 Å². The van der Waals surface area contributed by atoms with Crippen LogP contribution in [-0.2, 0) is 9.53 Å². The zero-order chi connectivity index (χ0) is 21.5. The van der Waals surface area contributed by atoms with E-state index in [-0.39, 0.29) is 5.97 Å². The standard InChI is InChI=1S/C22H30N4O3S/c1-5-8-14-30-22-24-21-23-15(4)18(20(27)29-13-6-2)19(26(21)25-22)16-9-11-17(12-10-16)28-7-3/h9-12,19H,5-8,13-14H2,1-4H3,(H,23,24,25). The summed E-state index contributed by atoms with van der Waals surface area (Å²) in [6.45, 7) is 8.96. The predicted octanol–water partition coefficient (Wildman–Crippen LogP) is 4.81. The highest BCUT2D eigenvalue weighted by Crippen LogP contribution is 2.37. The molecule has 2 aromatic rings. The van der Waals surface area contributed by atoms with Gasteiger partial charge in [0.05, 0.1) is 18.8 Å². The number of anilines is 1. The number of carbonyl (C=O) groups excluding carboxylic acids is 1. The van der Waals surface area contributed by atoms with Crippen molar-refractivity contribution in [3.63, 3.8) is 0 Å². The normalized spacial score (nSPS) is 15.5. The SMILES string of the molecule is CCCCSc1nc2n(n1)C(c1ccc(OCC)cc1)C(C(=O)OCCC)=C(C)N2. The lowest BCUT2D eigenvalue weighted by Crippen LogP contribution is -2.29. The Morgan fingerprint density at radius 3 is 2.63 bits per heavy atom. The summed E-state index contributed by atoms with van der Waals surface area (Å²) in [4.78, 5) is 17.6. The first-order valence-electron chi connectivity index (χ1n) is 10.6. The van der Waals surface area contributed by atoms with E-state index in [0.717, 1.165) is 42.0 Å². The van der Waals surface area contributed by atoms with Crippen molar-refractivity contribution in [1.82, 2.24) is 14.8 Å². The van der Waals surface area contributed by atoms with Gasteiger partial charge in [0, 0.05) is 11.4 Å². The summed E-state index contributed by atoms with van der Waals surface area (Å²) in [5, 5.41) is 8.67. The summed E-state index contributed by atoms with van der Waals surface area (Å²) in [6, 6.07) is 7.36. The lowest BCUT2D eigenvalue weighted by molar-refractivity contribution is -0.139. The highest BCUT2D eigenvalue weighted by molar-refractivity contribution is 7.99. The fourth-order valence-electron chi connectivity index (χ4n) is 3.26. The predicted molar refractivity (Wildman–Crippen MR) is 119 cm³/mol. The Bertz CT molecular complexity index is 892. The number of unbranched alkanes of at least 4 members (excludes halogenated alkanes) is 1. The zero-order valence-corrected chi connectivity index (χ0v) is 18.9. The Kier molecular flexibility index (Phi) is 7.79. The zero-order valence-electron chi connectivity index (χ0n) is 18.1. The van der Waals surface area contributed by atoms with Crippen LogP contribution >= 0.6 is 11.8 Å². The number of ether oxygens (including phenoxy) is 2. The van der Waals surface area contributed by atoms with E-state index in [1.807, 2.05) is 45.0 Å². The molecule has 1 unspecified atom stereocenters. The average molecular weight is 431 g/mol. The molecule has 1 aromatic heterocycles. The Hall–Kier alpha value is -2.48. The fraction of sp³-hybridized carbons (Fsp3) is 0.500. The van der Waals surface area contributed by atoms with E-state index in [9.17, 15) is 4.79 Å². The molecule has 0 amide bonds. The molecule has 0 aliphatic carbocycles. The largest absolute Gasteiger partial charge is 0.494 e. The highest BCUT2D eigenvalue weighted by atomic mass is 32.2. The van der Waals surface area contributed by atoms with Gasteiger partial charge in [0.1, 0.15) is 11.8 Å². The first-order valence-corrected chi connectivity index (χ1v) is 11.5. The van der Waals surface area contributed by atoms with Crippen LogP contribution in [0.4, 0.5) is 5.95 Å². The summed E-state index contributed by atoms with van der Waals surface area (Å²) in [5.74, 6) is 2.06. The summed E-state index contributed by atoms with van der Waals surface area (Å²) in [5.41, 5.74) is 2.22. The molecule has 0 fully saturated rings. The molecule has 7 nitrogen and oxygen atoms in total. The number of thioether (sulfide) groups is 1. The molecule has 0 saturated heterocycles. The van der Waals surface area contributed by atoms with Crippen LogP contribution in [0.25, 0.3) is 0 Å². The molecule has 0 spiro atoms. The van der Waals surface area contributed by atoms with Crippen molar-refractivity contribution in [2.45, 2.75) is 58.2 Å². The van der Waals surface area contributed by atoms with Crippen LogP contribution in [0.3, 0.4) is 0 Å². The van der Waals surface area contributed by atoms with E-state index in [1.54, 1.807) is 16.4 Å². The van der Waals surface area contributed by atoms with E-state index in [1.165, 1.54) is 0 Å². The molecule has 0 bridgehead atoms. The molecule has 1 aromatic carbocycles. The van der Waals surface area contributed by atoms with Crippen LogP contribution in [0, 0.1) is 0 Å². The van der Waals surface area contributed by atoms with Gasteiger partial charge in [-0.05, 0) is 44.4 Å². The van der Waals surface area contributed by atoms with Gasteiger partial charge in [-0.2, -0.15) is 4.98 Å². The van der Waals surface area contributed by atoms with Crippen LogP contribution in [-0.4, -0.2) is 39.7 Å². The van der Waals surface area contributed by atoms with Gasteiger partial charge in [0.2, 0.25) is 11.1 Å². The Balaban J connectivity index is 1.99. The van der Waals surface area contributed by atoms with Gasteiger partial charge in [0.25, 0.3) is 0 Å². The van der Waals surface area contributed by atoms with Crippen molar-refractivity contribution in [2.75, 3.05) is 24.3 Å². The van der Waals surface area contributed by atoms with Gasteiger partial charge >= 0.3 is 5.97 Å². The smallest absolute Gasteiger partial charge is 0.338 e. The summed E-state index contributed by atoms with van der Waals surface area (Å²) < 4.78 is 12.9. The minimum atomic E-state index is -0.408. The number of nitrogens with one attached hydrogen (secondary N) is 1. The maximum Gasteiger partial charge on any atom is 0.338 e. The number of hydrogen-bond acceptors (Lipinski definition) is 7. The molecule has 3 rings (SSSR count). The molecular formula is C22H30N4O3S. The van der Waals surface area contributed by atoms with Crippen molar-refractivity contribution < 1.29 is 14.3 Å². The third-order valence-corrected chi connectivity index (χ3v) is 5.65. The summed E-state index contributed by atoms with van der Waals surface area (Å²) in [7, 11) is 0. The highest BCUT2D eigenvalue weighted by Gasteiger charge is 2.35. The van der Waals surface area contributed by atoms with Crippen LogP contribution < -0.4 is 10.1 Å². The number of carbonyl (C=O) groups is 1. The number of esters is 1. The van der Waals surface area contributed by atoms with Crippen molar-refractivity contribution in [3.05, 3.63) is 41.1 Å². The second kappa shape index (κ2) is 10.5. The quantitative estimate of drug-likeness (QED) is 0.329. The molecule has 8 heteroatoms. The lowest BCUT2D eigenvalue weighted by Gasteiger charge is -2.28. The van der Waals surface area contributed by atoms with Crippen LogP contribution in [0.5, 0.6) is 5.75 Å². The molecule has 1 atom stereocenters. The molecule has 162 valence electrons. The third kappa shape index (κ3) is 4.98. The minimum absolute atomic E-state index is 0.331. The number of rotatable bonds is 10. The monoisotopic (exact) mass is 430 g/mol. The number of benzene rings is 1. The van der Waals surface area contributed by atoms with Gasteiger partial charge in [-0.25, -0.2) is 9.48 Å². The van der Waals surface area contributed by atoms with Crippen molar-refractivity contribution in [2.24, 2.45) is 0 Å². The molecule has 1 aliphatic heterocycles. The van der Waals surface area contributed by atoms with E-state index in [2.05, 4.69) is 17.2 Å². The number of aromatic nitrogens is 3. The fourth-order valence-corrected chi connectivity index (χ4v) is 4.17. The Labute approximate surface area is 182 Å². The maximum absolute atomic E-state index is 12.9. The molecule has 1 aliphatic rings. The molecule has 2 heterocycles. The molecule has 1 N–H and O–H groups in total. The van der Waals surface area contributed by atoms with Gasteiger partial charge in [-0.15, -0.1) is 5.10 Å².